The highest BCUT2D eigenvalue weighted by Crippen LogP contribution is 2.61. The Morgan fingerprint density at radius 3 is 1.52 bits per heavy atom. The molecule has 8 aromatic carbocycles. The molecule has 0 heterocycles. The molecule has 0 atom stereocenters. The SMILES string of the molecule is COc1cc(NC(=O)Nc2ccc3ccccc3c2-c2c([P+](Cc3cc(C(C)(C)C)cc(C(C)(C)C)c3)(c3ccccc3)c3ccccc3)ccc3ccccc23)cc(OC)c1. The number of hydrogen-bond acceptors (Lipinski definition) is 3. The van der Waals surface area contributed by atoms with E-state index in [1.807, 2.05) is 6.07 Å². The van der Waals surface area contributed by atoms with Gasteiger partial charge in [0.1, 0.15) is 34.7 Å². The Labute approximate surface area is 367 Å². The summed E-state index contributed by atoms with van der Waals surface area (Å²) in [5, 5.41) is 14.6. The van der Waals surface area contributed by atoms with E-state index < -0.39 is 7.26 Å². The molecule has 0 aliphatic heterocycles. The van der Waals surface area contributed by atoms with Gasteiger partial charge >= 0.3 is 6.03 Å². The van der Waals surface area contributed by atoms with Gasteiger partial charge in [0.2, 0.25) is 0 Å². The molecule has 0 fully saturated rings. The van der Waals surface area contributed by atoms with Crippen LogP contribution in [0.3, 0.4) is 0 Å². The molecule has 0 aromatic heterocycles. The van der Waals surface area contributed by atoms with Crippen LogP contribution in [0.25, 0.3) is 32.7 Å². The zero-order valence-corrected chi connectivity index (χ0v) is 37.9. The minimum Gasteiger partial charge on any atom is -0.497 e. The van der Waals surface area contributed by atoms with E-state index in [1.165, 1.54) is 32.6 Å². The first-order valence-electron chi connectivity index (χ1n) is 21.3. The fourth-order valence-electron chi connectivity index (χ4n) is 8.63. The molecule has 8 rings (SSSR count). The summed E-state index contributed by atoms with van der Waals surface area (Å²) in [7, 11) is 0.607. The van der Waals surface area contributed by atoms with Crippen molar-refractivity contribution < 1.29 is 14.3 Å². The number of methoxy groups -OCH3 is 2. The third kappa shape index (κ3) is 8.43. The van der Waals surface area contributed by atoms with Crippen molar-refractivity contribution in [1.29, 1.82) is 0 Å². The molecule has 0 spiro atoms. The van der Waals surface area contributed by atoms with Gasteiger partial charge in [0.25, 0.3) is 0 Å². The van der Waals surface area contributed by atoms with Crippen LogP contribution in [0.5, 0.6) is 11.5 Å². The maximum Gasteiger partial charge on any atom is 0.323 e. The van der Waals surface area contributed by atoms with Crippen molar-refractivity contribution in [2.45, 2.75) is 58.5 Å². The third-order valence-corrected chi connectivity index (χ3v) is 16.3. The molecule has 2 N–H and O–H groups in total. The molecular weight excluding hydrogens is 780 g/mol. The van der Waals surface area contributed by atoms with Gasteiger partial charge in [0.05, 0.1) is 26.1 Å². The van der Waals surface area contributed by atoms with Crippen LogP contribution in [0.2, 0.25) is 0 Å². The standard InChI is InChI=1S/C56H55N2O3P/c1-55(2,3)41-31-38(32-42(33-41)56(4,5)6)37-62(46-21-11-9-12-22-46,47-23-13-10-14-24-47)51-30-28-40-20-16-18-26-49(40)53(51)52-48-25-17-15-19-39(48)27-29-50(52)58-54(59)57-43-34-44(60-7)36-45(35-43)61-8/h9-36H,37H2,1-8H3,(H-,57,58,59)/p+1. The molecule has 62 heavy (non-hydrogen) atoms. The number of nitrogens with one attached hydrogen (secondary N) is 2. The largest absolute Gasteiger partial charge is 0.497 e. The summed E-state index contributed by atoms with van der Waals surface area (Å²) >= 11 is 0. The molecule has 0 bridgehead atoms. The second-order valence-electron chi connectivity index (χ2n) is 18.1. The highest BCUT2D eigenvalue weighted by atomic mass is 31.2. The molecule has 6 heteroatoms. The number of amides is 2. The molecule has 5 nitrogen and oxygen atoms in total. The maximum atomic E-state index is 14.3. The van der Waals surface area contributed by atoms with Crippen molar-refractivity contribution in [3.8, 4) is 22.6 Å². The van der Waals surface area contributed by atoms with E-state index in [0.717, 1.165) is 38.8 Å². The van der Waals surface area contributed by atoms with Gasteiger partial charge in [-0.25, -0.2) is 4.79 Å². The molecule has 0 saturated carbocycles. The molecule has 8 aromatic rings. The minimum absolute atomic E-state index is 0.0508. The molecular formula is C56H56N2O3P+. The number of carbonyl (C=O) groups is 1. The predicted molar refractivity (Wildman–Crippen MR) is 265 cm³/mol. The molecule has 0 aliphatic carbocycles. The second-order valence-corrected chi connectivity index (χ2v) is 21.6. The van der Waals surface area contributed by atoms with Crippen LogP contribution >= 0.6 is 7.26 Å². The van der Waals surface area contributed by atoms with E-state index in [1.54, 1.807) is 32.4 Å². The van der Waals surface area contributed by atoms with Gasteiger partial charge in [-0.05, 0) is 85.5 Å². The van der Waals surface area contributed by atoms with Crippen LogP contribution in [-0.4, -0.2) is 20.3 Å². The average Bonchev–Trinajstić information content (AvgIpc) is 3.27. The fraction of sp³-hybridized carbons (Fsp3) is 0.196. The lowest BCUT2D eigenvalue weighted by Gasteiger charge is -2.32. The van der Waals surface area contributed by atoms with Crippen LogP contribution in [0, 0.1) is 0 Å². The summed E-state index contributed by atoms with van der Waals surface area (Å²) in [4.78, 5) is 14.3. The van der Waals surface area contributed by atoms with Gasteiger partial charge < -0.3 is 20.1 Å². The van der Waals surface area contributed by atoms with E-state index in [4.69, 9.17) is 9.47 Å². The van der Waals surface area contributed by atoms with Crippen molar-refractivity contribution in [1.82, 2.24) is 0 Å². The summed E-state index contributed by atoms with van der Waals surface area (Å²) in [6.07, 6.45) is 0.797. The van der Waals surface area contributed by atoms with Gasteiger partial charge in [-0.2, -0.15) is 0 Å². The lowest BCUT2D eigenvalue weighted by molar-refractivity contribution is 0.262. The minimum atomic E-state index is -2.59. The topological polar surface area (TPSA) is 59.6 Å². The lowest BCUT2D eigenvalue weighted by atomic mass is 9.80. The lowest BCUT2D eigenvalue weighted by Crippen LogP contribution is -2.34. The van der Waals surface area contributed by atoms with Gasteiger partial charge in [-0.1, -0.05) is 157 Å². The normalized spacial score (nSPS) is 12.0. The first-order valence-corrected chi connectivity index (χ1v) is 23.3. The summed E-state index contributed by atoms with van der Waals surface area (Å²) in [6.45, 7) is 13.9. The van der Waals surface area contributed by atoms with Crippen LogP contribution in [-0.2, 0) is 17.0 Å². The van der Waals surface area contributed by atoms with Crippen LogP contribution in [0.15, 0.2) is 170 Å². The predicted octanol–water partition coefficient (Wildman–Crippen LogP) is 13.4. The highest BCUT2D eigenvalue weighted by molar-refractivity contribution is 7.95. The molecule has 0 unspecified atom stereocenters. The first kappa shape index (κ1) is 42.3. The van der Waals surface area contributed by atoms with E-state index in [-0.39, 0.29) is 16.9 Å². The summed E-state index contributed by atoms with van der Waals surface area (Å²) in [5.74, 6) is 1.16. The molecule has 0 radical (unpaired) electrons. The Hall–Kier alpha value is -6.42. The van der Waals surface area contributed by atoms with Gasteiger partial charge in [-0.15, -0.1) is 0 Å². The third-order valence-electron chi connectivity index (χ3n) is 11.9. The Morgan fingerprint density at radius 2 is 1.00 bits per heavy atom. The van der Waals surface area contributed by atoms with Gasteiger partial charge in [0.15, 0.2) is 0 Å². The number of hydrogen-bond donors (Lipinski definition) is 2. The number of carbonyl (C=O) groups excluding carboxylic acids is 1. The molecule has 0 aliphatic rings. The van der Waals surface area contributed by atoms with Crippen LogP contribution in [0.4, 0.5) is 16.2 Å². The van der Waals surface area contributed by atoms with Crippen molar-refractivity contribution in [2.24, 2.45) is 0 Å². The molecule has 0 saturated heterocycles. The number of rotatable bonds is 10. The number of ether oxygens (including phenoxy) is 2. The Kier molecular flexibility index (Phi) is 11.7. The summed E-state index contributed by atoms with van der Waals surface area (Å²) < 4.78 is 11.0. The Morgan fingerprint density at radius 1 is 0.516 bits per heavy atom. The first-order chi connectivity index (χ1) is 29.8. The van der Waals surface area contributed by atoms with Crippen LogP contribution < -0.4 is 36.0 Å². The maximum absolute atomic E-state index is 14.3. The fourth-order valence-corrected chi connectivity index (χ4v) is 13.1. The Bertz CT molecular complexity index is 2800. The zero-order valence-electron chi connectivity index (χ0n) is 37.0. The molecule has 312 valence electrons. The van der Waals surface area contributed by atoms with Crippen LogP contribution in [0.1, 0.15) is 58.2 Å². The Balaban J connectivity index is 1.45. The van der Waals surface area contributed by atoms with Gasteiger partial charge in [-0.3, -0.25) is 0 Å². The van der Waals surface area contributed by atoms with Crippen molar-refractivity contribution >= 4 is 62.1 Å². The highest BCUT2D eigenvalue weighted by Gasteiger charge is 2.48. The quantitative estimate of drug-likeness (QED) is 0.135. The number of urea groups is 1. The van der Waals surface area contributed by atoms with Crippen molar-refractivity contribution in [3.63, 3.8) is 0 Å². The number of fused-ring (bicyclic) bond motifs is 2. The number of benzene rings is 8. The van der Waals surface area contributed by atoms with E-state index in [9.17, 15) is 4.79 Å². The van der Waals surface area contributed by atoms with Crippen molar-refractivity contribution in [2.75, 3.05) is 24.9 Å². The van der Waals surface area contributed by atoms with E-state index in [0.29, 0.717) is 22.9 Å². The average molecular weight is 836 g/mol. The molecule has 2 amide bonds. The zero-order chi connectivity index (χ0) is 43.6. The van der Waals surface area contributed by atoms with Gasteiger partial charge in [0, 0.05) is 35.0 Å². The smallest absolute Gasteiger partial charge is 0.323 e. The van der Waals surface area contributed by atoms with Crippen molar-refractivity contribution in [3.05, 3.63) is 187 Å². The monoisotopic (exact) mass is 835 g/mol. The summed E-state index contributed by atoms with van der Waals surface area (Å²) in [6, 6.07) is 60.6. The number of anilines is 2. The summed E-state index contributed by atoms with van der Waals surface area (Å²) in [5.41, 5.74) is 7.22. The van der Waals surface area contributed by atoms with E-state index >= 15 is 0 Å². The second kappa shape index (κ2) is 17.2. The van der Waals surface area contributed by atoms with E-state index in [2.05, 4.69) is 198 Å².